The van der Waals surface area contributed by atoms with Gasteiger partial charge in [0.2, 0.25) is 5.78 Å². The number of benzene rings is 2. The lowest BCUT2D eigenvalue weighted by Crippen LogP contribution is -2.24. The second-order valence-corrected chi connectivity index (χ2v) is 6.56. The molecule has 0 saturated carbocycles. The molecule has 0 aliphatic carbocycles. The molecule has 2 aromatic carbocycles. The second kappa shape index (κ2) is 7.66. The van der Waals surface area contributed by atoms with E-state index in [1.54, 1.807) is 37.3 Å². The molecule has 1 atom stereocenters. The van der Waals surface area contributed by atoms with Crippen LogP contribution in [0.4, 0.5) is 0 Å². The van der Waals surface area contributed by atoms with E-state index in [1.807, 2.05) is 26.0 Å². The average molecular weight is 362 g/mol. The van der Waals surface area contributed by atoms with E-state index in [2.05, 4.69) is 16.9 Å². The molecule has 3 rings (SSSR count). The predicted octanol–water partition coefficient (Wildman–Crippen LogP) is 4.24. The van der Waals surface area contributed by atoms with Crippen molar-refractivity contribution in [3.05, 3.63) is 70.5 Å². The second-order valence-electron chi connectivity index (χ2n) is 6.56. The molecule has 0 saturated heterocycles. The van der Waals surface area contributed by atoms with Crippen LogP contribution in [0, 0.1) is 13.8 Å². The number of ether oxygens (including phenoxy) is 1. The minimum Gasteiger partial charge on any atom is -0.451 e. The van der Waals surface area contributed by atoms with E-state index in [1.165, 1.54) is 0 Å². The minimum atomic E-state index is -0.869. The molecule has 5 heteroatoms. The number of nitrogens with zero attached hydrogens (tertiary/aromatic N) is 2. The number of aromatic nitrogens is 2. The molecule has 0 amide bonds. The lowest BCUT2D eigenvalue weighted by Gasteiger charge is -2.13. The van der Waals surface area contributed by atoms with Crippen molar-refractivity contribution in [2.75, 3.05) is 0 Å². The molecule has 1 unspecified atom stereocenters. The number of aryl methyl sites for hydroxylation is 3. The Kier molecular flexibility index (Phi) is 5.31. The Morgan fingerprint density at radius 1 is 0.926 bits per heavy atom. The number of hydrogen-bond acceptors (Lipinski definition) is 5. The van der Waals surface area contributed by atoms with Gasteiger partial charge in [0.05, 0.1) is 28.0 Å². The van der Waals surface area contributed by atoms with E-state index in [9.17, 15) is 9.59 Å². The van der Waals surface area contributed by atoms with Gasteiger partial charge in [-0.15, -0.1) is 0 Å². The van der Waals surface area contributed by atoms with E-state index >= 15 is 0 Å². The highest BCUT2D eigenvalue weighted by Gasteiger charge is 2.21. The van der Waals surface area contributed by atoms with Gasteiger partial charge in [-0.2, -0.15) is 0 Å². The Morgan fingerprint density at radius 3 is 2.15 bits per heavy atom. The Hall–Kier alpha value is -3.08. The van der Waals surface area contributed by atoms with Crippen molar-refractivity contribution in [3.8, 4) is 0 Å². The van der Waals surface area contributed by atoms with Crippen LogP contribution < -0.4 is 0 Å². The number of fused-ring (bicyclic) bond motifs is 1. The smallest absolute Gasteiger partial charge is 0.338 e. The number of Topliss-reactive ketones (excluding diaryl/α,β-unsaturated/α-hetero) is 1. The molecular weight excluding hydrogens is 340 g/mol. The molecule has 138 valence electrons. The van der Waals surface area contributed by atoms with Crippen molar-refractivity contribution in [1.82, 2.24) is 9.97 Å². The molecule has 0 bridgehead atoms. The van der Waals surface area contributed by atoms with Gasteiger partial charge in [0.15, 0.2) is 6.10 Å². The molecular formula is C22H22N2O3. The molecule has 0 spiro atoms. The average Bonchev–Trinajstić information content (AvgIpc) is 2.68. The van der Waals surface area contributed by atoms with E-state index in [0.717, 1.165) is 28.9 Å². The Bertz CT molecular complexity index is 1010. The van der Waals surface area contributed by atoms with E-state index in [4.69, 9.17) is 4.74 Å². The standard InChI is InChI=1S/C22H22N2O3/c1-5-16-6-8-17(9-7-16)21(25)15(4)27-22(26)18-10-11-19-20(12-18)24-14(3)13(2)23-19/h6-12,15H,5H2,1-4H3. The van der Waals surface area contributed by atoms with Crippen LogP contribution in [0.3, 0.4) is 0 Å². The molecule has 0 N–H and O–H groups in total. The van der Waals surface area contributed by atoms with E-state index in [-0.39, 0.29) is 5.78 Å². The number of rotatable bonds is 5. The van der Waals surface area contributed by atoms with E-state index in [0.29, 0.717) is 16.6 Å². The minimum absolute atomic E-state index is 0.224. The lowest BCUT2D eigenvalue weighted by atomic mass is 10.0. The first kappa shape index (κ1) is 18.7. The molecule has 27 heavy (non-hydrogen) atoms. The zero-order chi connectivity index (χ0) is 19.6. The number of esters is 1. The van der Waals surface area contributed by atoms with Crippen molar-refractivity contribution in [2.45, 2.75) is 40.2 Å². The van der Waals surface area contributed by atoms with Crippen LogP contribution in [0.15, 0.2) is 42.5 Å². The fourth-order valence-corrected chi connectivity index (χ4v) is 2.78. The summed E-state index contributed by atoms with van der Waals surface area (Å²) < 4.78 is 5.38. The number of carbonyl (C=O) groups excluding carboxylic acids is 2. The van der Waals surface area contributed by atoms with Gasteiger partial charge in [-0.25, -0.2) is 14.8 Å². The molecule has 1 aromatic heterocycles. The monoisotopic (exact) mass is 362 g/mol. The molecule has 3 aromatic rings. The van der Waals surface area contributed by atoms with Crippen molar-refractivity contribution in [3.63, 3.8) is 0 Å². The van der Waals surface area contributed by atoms with Gasteiger partial charge < -0.3 is 4.74 Å². The first-order valence-electron chi connectivity index (χ1n) is 8.98. The summed E-state index contributed by atoms with van der Waals surface area (Å²) in [6.45, 7) is 7.40. The highest BCUT2D eigenvalue weighted by Crippen LogP contribution is 2.17. The van der Waals surface area contributed by atoms with Crippen LogP contribution in [0.1, 0.15) is 51.5 Å². The molecule has 0 aliphatic heterocycles. The van der Waals surface area contributed by atoms with Crippen LogP contribution in [0.5, 0.6) is 0 Å². The number of carbonyl (C=O) groups is 2. The summed E-state index contributed by atoms with van der Waals surface area (Å²) in [5.74, 6) is -0.777. The first-order valence-corrected chi connectivity index (χ1v) is 8.98. The van der Waals surface area contributed by atoms with Crippen LogP contribution in [0.2, 0.25) is 0 Å². The number of ketones is 1. The normalized spacial score (nSPS) is 12.0. The lowest BCUT2D eigenvalue weighted by molar-refractivity contribution is 0.0319. The van der Waals surface area contributed by atoms with Gasteiger partial charge in [0.25, 0.3) is 0 Å². The molecule has 0 fully saturated rings. The predicted molar refractivity (Wildman–Crippen MR) is 104 cm³/mol. The number of hydrogen-bond donors (Lipinski definition) is 0. The van der Waals surface area contributed by atoms with Crippen molar-refractivity contribution >= 4 is 22.8 Å². The van der Waals surface area contributed by atoms with Crippen molar-refractivity contribution in [1.29, 1.82) is 0 Å². The van der Waals surface area contributed by atoms with Gasteiger partial charge in [-0.1, -0.05) is 31.2 Å². The Morgan fingerprint density at radius 2 is 1.52 bits per heavy atom. The molecule has 0 radical (unpaired) electrons. The molecule has 5 nitrogen and oxygen atoms in total. The van der Waals surface area contributed by atoms with Crippen molar-refractivity contribution < 1.29 is 14.3 Å². The third-order valence-electron chi connectivity index (χ3n) is 4.61. The fraction of sp³-hybridized carbons (Fsp3) is 0.273. The summed E-state index contributed by atoms with van der Waals surface area (Å²) in [5, 5.41) is 0. The zero-order valence-electron chi connectivity index (χ0n) is 15.9. The Balaban J connectivity index is 1.76. The first-order chi connectivity index (χ1) is 12.9. The van der Waals surface area contributed by atoms with Gasteiger partial charge in [0, 0.05) is 5.56 Å². The summed E-state index contributed by atoms with van der Waals surface area (Å²) in [6.07, 6.45) is 0.0366. The van der Waals surface area contributed by atoms with Crippen LogP contribution in [-0.4, -0.2) is 27.8 Å². The van der Waals surface area contributed by atoms with Crippen LogP contribution in [-0.2, 0) is 11.2 Å². The topological polar surface area (TPSA) is 69.2 Å². The van der Waals surface area contributed by atoms with Gasteiger partial charge in [-0.05, 0) is 51.0 Å². The van der Waals surface area contributed by atoms with Crippen LogP contribution >= 0.6 is 0 Å². The van der Waals surface area contributed by atoms with Crippen molar-refractivity contribution in [2.24, 2.45) is 0 Å². The largest absolute Gasteiger partial charge is 0.451 e. The van der Waals surface area contributed by atoms with Gasteiger partial charge in [0.1, 0.15) is 0 Å². The summed E-state index contributed by atoms with van der Waals surface area (Å²) in [7, 11) is 0. The third-order valence-corrected chi connectivity index (χ3v) is 4.61. The van der Waals surface area contributed by atoms with Gasteiger partial charge in [-0.3, -0.25) is 4.79 Å². The summed E-state index contributed by atoms with van der Waals surface area (Å²) in [5.41, 5.74) is 5.04. The third kappa shape index (κ3) is 4.03. The fourth-order valence-electron chi connectivity index (χ4n) is 2.78. The maximum absolute atomic E-state index is 12.5. The van der Waals surface area contributed by atoms with Crippen LogP contribution in [0.25, 0.3) is 11.0 Å². The highest BCUT2D eigenvalue weighted by molar-refractivity contribution is 6.01. The SMILES string of the molecule is CCc1ccc(C(=O)C(C)OC(=O)c2ccc3nc(C)c(C)nc3c2)cc1. The zero-order valence-corrected chi connectivity index (χ0v) is 15.9. The maximum atomic E-state index is 12.5. The summed E-state index contributed by atoms with van der Waals surface area (Å²) in [6, 6.07) is 12.4. The van der Waals surface area contributed by atoms with E-state index < -0.39 is 12.1 Å². The summed E-state index contributed by atoms with van der Waals surface area (Å²) in [4.78, 5) is 33.9. The Labute approximate surface area is 158 Å². The maximum Gasteiger partial charge on any atom is 0.338 e. The molecule has 1 heterocycles. The highest BCUT2D eigenvalue weighted by atomic mass is 16.5. The van der Waals surface area contributed by atoms with Gasteiger partial charge >= 0.3 is 5.97 Å². The summed E-state index contributed by atoms with van der Waals surface area (Å²) >= 11 is 0. The quantitative estimate of drug-likeness (QED) is 0.502. The molecule has 0 aliphatic rings.